The van der Waals surface area contributed by atoms with Gasteiger partial charge in [-0.2, -0.15) is 0 Å². The van der Waals surface area contributed by atoms with Crippen LogP contribution in [0.25, 0.3) is 5.57 Å². The summed E-state index contributed by atoms with van der Waals surface area (Å²) >= 11 is 0. The summed E-state index contributed by atoms with van der Waals surface area (Å²) < 4.78 is 31.8. The number of anilines is 1. The molecule has 0 aromatic heterocycles. The van der Waals surface area contributed by atoms with Gasteiger partial charge in [0.1, 0.15) is 29.7 Å². The van der Waals surface area contributed by atoms with Gasteiger partial charge in [-0.3, -0.25) is 4.79 Å². The molecule has 0 aliphatic carbocycles. The van der Waals surface area contributed by atoms with Gasteiger partial charge in [0.05, 0.1) is 25.3 Å². The van der Waals surface area contributed by atoms with E-state index in [0.717, 1.165) is 36.7 Å². The van der Waals surface area contributed by atoms with Gasteiger partial charge in [-0.25, -0.2) is 4.39 Å². The second kappa shape index (κ2) is 11.5. The van der Waals surface area contributed by atoms with E-state index in [1.54, 1.807) is 7.11 Å². The number of rotatable bonds is 10. The number of fused-ring (bicyclic) bond motifs is 1. The number of nitrogens with zero attached hydrogens (tertiary/aromatic N) is 1. The van der Waals surface area contributed by atoms with Gasteiger partial charge in [0.2, 0.25) is 5.91 Å². The number of hydrogen-bond acceptors (Lipinski definition) is 7. The summed E-state index contributed by atoms with van der Waals surface area (Å²) in [6.45, 7) is 1.39. The minimum Gasteiger partial charge on any atom is -0.497 e. The van der Waals surface area contributed by atoms with Crippen molar-refractivity contribution >= 4 is 23.4 Å². The van der Waals surface area contributed by atoms with Gasteiger partial charge >= 0.3 is 0 Å². The molecule has 1 atom stereocenters. The summed E-state index contributed by atoms with van der Waals surface area (Å²) in [5.74, 6) is 0.322. The molecule has 1 aliphatic heterocycles. The SMILES string of the molecule is COc1ccc2c(c1)CC(C(=O)Nc1cc(F)c(/C(C=N)=C/N)cc1OCCCN(C)C)CO2. The van der Waals surface area contributed by atoms with E-state index in [2.05, 4.69) is 5.32 Å². The van der Waals surface area contributed by atoms with E-state index in [-0.39, 0.29) is 29.3 Å². The average Bonchev–Trinajstić information content (AvgIpc) is 2.83. The number of nitrogens with one attached hydrogen (secondary N) is 2. The van der Waals surface area contributed by atoms with Gasteiger partial charge in [0.25, 0.3) is 0 Å². The Morgan fingerprint density at radius 2 is 2.15 bits per heavy atom. The monoisotopic (exact) mass is 470 g/mol. The largest absolute Gasteiger partial charge is 0.497 e. The molecular weight excluding hydrogens is 439 g/mol. The number of benzene rings is 2. The van der Waals surface area contributed by atoms with E-state index in [4.69, 9.17) is 25.4 Å². The molecule has 3 rings (SSSR count). The summed E-state index contributed by atoms with van der Waals surface area (Å²) in [6.07, 6.45) is 3.33. The molecule has 34 heavy (non-hydrogen) atoms. The topological polar surface area (TPSA) is 110 Å². The standard InChI is InChI=1S/C25H31FN4O4/c1-30(2)7-4-8-33-24-11-20(18(13-27)14-28)21(26)12-22(24)29-25(31)17-9-16-10-19(32-3)5-6-23(16)34-15-17/h5-6,10-14,17,27H,4,7-9,15,28H2,1-3H3,(H,29,31)/b18-14+,27-13?. The summed E-state index contributed by atoms with van der Waals surface area (Å²) in [4.78, 5) is 15.1. The highest BCUT2D eigenvalue weighted by Gasteiger charge is 2.27. The minimum absolute atomic E-state index is 0.125. The molecule has 2 aromatic rings. The van der Waals surface area contributed by atoms with Gasteiger partial charge < -0.3 is 35.6 Å². The summed E-state index contributed by atoms with van der Waals surface area (Å²) in [5, 5.41) is 10.3. The Kier molecular flexibility index (Phi) is 8.48. The summed E-state index contributed by atoms with van der Waals surface area (Å²) in [7, 11) is 5.51. The van der Waals surface area contributed by atoms with Gasteiger partial charge in [0.15, 0.2) is 0 Å². The van der Waals surface area contributed by atoms with Gasteiger partial charge in [-0.1, -0.05) is 0 Å². The molecule has 1 aliphatic rings. The second-order valence-corrected chi connectivity index (χ2v) is 8.27. The second-order valence-electron chi connectivity index (χ2n) is 8.27. The fourth-order valence-corrected chi connectivity index (χ4v) is 3.67. The van der Waals surface area contributed by atoms with Crippen LogP contribution < -0.4 is 25.3 Å². The fraction of sp³-hybridized carbons (Fsp3) is 0.360. The number of allylic oxidation sites excluding steroid dienone is 1. The molecule has 0 fully saturated rings. The van der Waals surface area contributed by atoms with Crippen molar-refractivity contribution in [3.63, 3.8) is 0 Å². The van der Waals surface area contributed by atoms with E-state index >= 15 is 0 Å². The molecule has 8 nitrogen and oxygen atoms in total. The van der Waals surface area contributed by atoms with Crippen LogP contribution in [0.4, 0.5) is 10.1 Å². The van der Waals surface area contributed by atoms with Crippen molar-refractivity contribution in [2.45, 2.75) is 12.8 Å². The maximum absolute atomic E-state index is 14.9. The molecule has 0 spiro atoms. The van der Waals surface area contributed by atoms with Gasteiger partial charge in [-0.15, -0.1) is 0 Å². The number of carbonyl (C=O) groups excluding carboxylic acids is 1. The quantitative estimate of drug-likeness (QED) is 0.363. The molecule has 2 aromatic carbocycles. The Morgan fingerprint density at radius 3 is 2.82 bits per heavy atom. The molecule has 182 valence electrons. The lowest BCUT2D eigenvalue weighted by molar-refractivity contribution is -0.121. The van der Waals surface area contributed by atoms with Gasteiger partial charge in [-0.05, 0) is 56.8 Å². The van der Waals surface area contributed by atoms with Crippen molar-refractivity contribution in [3.8, 4) is 17.2 Å². The van der Waals surface area contributed by atoms with Crippen LogP contribution in [0, 0.1) is 17.1 Å². The Balaban J connectivity index is 1.81. The third kappa shape index (κ3) is 6.05. The van der Waals surface area contributed by atoms with Crippen molar-refractivity contribution in [1.29, 1.82) is 5.41 Å². The van der Waals surface area contributed by atoms with Crippen LogP contribution in [0.2, 0.25) is 0 Å². The van der Waals surface area contributed by atoms with Crippen LogP contribution in [-0.4, -0.2) is 58.0 Å². The zero-order valence-corrected chi connectivity index (χ0v) is 19.7. The minimum atomic E-state index is -0.619. The lowest BCUT2D eigenvalue weighted by atomic mass is 9.95. The molecule has 0 saturated heterocycles. The smallest absolute Gasteiger partial charge is 0.231 e. The number of nitrogens with two attached hydrogens (primary N) is 1. The predicted octanol–water partition coefficient (Wildman–Crippen LogP) is 3.30. The fourth-order valence-electron chi connectivity index (χ4n) is 3.67. The molecule has 0 bridgehead atoms. The zero-order chi connectivity index (χ0) is 24.7. The van der Waals surface area contributed by atoms with Gasteiger partial charge in [0, 0.05) is 36.2 Å². The van der Waals surface area contributed by atoms with E-state index < -0.39 is 11.7 Å². The number of halogens is 1. The average molecular weight is 471 g/mol. The molecule has 0 radical (unpaired) electrons. The first-order valence-corrected chi connectivity index (χ1v) is 11.0. The highest BCUT2D eigenvalue weighted by Crippen LogP contribution is 2.34. The van der Waals surface area contributed by atoms with Crippen LogP contribution in [0.5, 0.6) is 17.2 Å². The predicted molar refractivity (Wildman–Crippen MR) is 130 cm³/mol. The molecule has 1 heterocycles. The third-order valence-electron chi connectivity index (χ3n) is 5.53. The number of hydrogen-bond donors (Lipinski definition) is 3. The highest BCUT2D eigenvalue weighted by atomic mass is 19.1. The first-order valence-electron chi connectivity index (χ1n) is 11.0. The summed E-state index contributed by atoms with van der Waals surface area (Å²) in [5.41, 5.74) is 6.97. The Morgan fingerprint density at radius 1 is 1.35 bits per heavy atom. The van der Waals surface area contributed by atoms with Crippen molar-refractivity contribution in [3.05, 3.63) is 53.5 Å². The van der Waals surface area contributed by atoms with E-state index in [9.17, 15) is 9.18 Å². The normalized spacial score (nSPS) is 15.3. The lowest BCUT2D eigenvalue weighted by Crippen LogP contribution is -2.32. The maximum atomic E-state index is 14.9. The van der Waals surface area contributed by atoms with E-state index in [1.807, 2.05) is 37.2 Å². The number of carbonyl (C=O) groups is 1. The molecule has 4 N–H and O–H groups in total. The Hall–Kier alpha value is -3.59. The first-order chi connectivity index (χ1) is 16.4. The molecule has 1 unspecified atom stereocenters. The van der Waals surface area contributed by atoms with E-state index in [1.165, 1.54) is 12.1 Å². The summed E-state index contributed by atoms with van der Waals surface area (Å²) in [6, 6.07) is 8.13. The Labute approximate surface area is 199 Å². The van der Waals surface area contributed by atoms with Crippen LogP contribution in [0.1, 0.15) is 17.5 Å². The first kappa shape index (κ1) is 25.0. The highest BCUT2D eigenvalue weighted by molar-refractivity contribution is 6.08. The van der Waals surface area contributed by atoms with Crippen LogP contribution in [0.3, 0.4) is 0 Å². The van der Waals surface area contributed by atoms with Crippen molar-refractivity contribution < 1.29 is 23.4 Å². The van der Waals surface area contributed by atoms with Crippen molar-refractivity contribution in [2.75, 3.05) is 46.3 Å². The number of ether oxygens (including phenoxy) is 3. The van der Waals surface area contributed by atoms with Crippen molar-refractivity contribution in [2.24, 2.45) is 11.7 Å². The number of methoxy groups -OCH3 is 1. The van der Waals surface area contributed by atoms with Crippen LogP contribution in [-0.2, 0) is 11.2 Å². The Bertz CT molecular complexity index is 1070. The van der Waals surface area contributed by atoms with E-state index in [0.29, 0.717) is 24.5 Å². The van der Waals surface area contributed by atoms with Crippen LogP contribution in [0.15, 0.2) is 36.5 Å². The van der Waals surface area contributed by atoms with Crippen molar-refractivity contribution in [1.82, 2.24) is 4.90 Å². The maximum Gasteiger partial charge on any atom is 0.231 e. The molecular formula is C25H31FN4O4. The third-order valence-corrected chi connectivity index (χ3v) is 5.53. The van der Waals surface area contributed by atoms with Crippen LogP contribution >= 0.6 is 0 Å². The molecule has 1 amide bonds. The zero-order valence-electron chi connectivity index (χ0n) is 19.7. The number of amides is 1. The molecule has 9 heteroatoms. The lowest BCUT2D eigenvalue weighted by Gasteiger charge is -2.25. The molecule has 0 saturated carbocycles.